The second-order valence-corrected chi connectivity index (χ2v) is 20.8. The van der Waals surface area contributed by atoms with Gasteiger partial charge in [0.05, 0.1) is 10.8 Å². The second kappa shape index (κ2) is 19.1. The van der Waals surface area contributed by atoms with Crippen molar-refractivity contribution in [3.63, 3.8) is 0 Å². The molecule has 2 aliphatic rings. The van der Waals surface area contributed by atoms with Gasteiger partial charge < -0.3 is 13.7 Å². The van der Waals surface area contributed by atoms with Gasteiger partial charge in [0.15, 0.2) is 0 Å². The number of benzene rings is 12. The number of furan rings is 2. The number of halogens is 1. The molecular formula is C75H52ClNO2. The Morgan fingerprint density at radius 2 is 0.620 bits per heavy atom. The van der Waals surface area contributed by atoms with Crippen molar-refractivity contribution in [1.82, 2.24) is 0 Å². The summed E-state index contributed by atoms with van der Waals surface area (Å²) in [6, 6.07) is 104. The summed E-state index contributed by atoms with van der Waals surface area (Å²) >= 11 is 6.28. The van der Waals surface area contributed by atoms with Crippen LogP contribution < -0.4 is 4.90 Å². The van der Waals surface area contributed by atoms with Crippen LogP contribution in [0.15, 0.2) is 300 Å². The molecule has 0 unspecified atom stereocenters. The standard InChI is InChI=1S/C43H29NO.C31H19ClO.CH4/c1-4-14-30(15-5-1)43(39-22-12-10-20-35(39)36-21-11-13-23-40(36)43)31-24-26-37-38-29-34(25-27-41(38)45-42(37)28-31)44(32-16-6-2-7-17-32)33-18-8-3-9-19-33;32-22-15-17-29-26(19-22)25-16-14-21(18-30(25)33-29)31(20-8-2-1-3-9-20)27-12-6-4-10-23(27)24-11-5-7-13-28(24)31;/h1-29H;1-19H;1H4. The first-order chi connectivity index (χ1) is 38.6. The molecular weight excluding hydrogens is 982 g/mol. The third-order valence-corrected chi connectivity index (χ3v) is 16.6. The summed E-state index contributed by atoms with van der Waals surface area (Å²) in [5.41, 5.74) is 21.2. The van der Waals surface area contributed by atoms with Crippen molar-refractivity contribution in [2.75, 3.05) is 4.90 Å². The number of rotatable bonds is 7. The molecule has 2 aromatic heterocycles. The summed E-state index contributed by atoms with van der Waals surface area (Å²) in [6.45, 7) is 0. The van der Waals surface area contributed by atoms with Gasteiger partial charge >= 0.3 is 0 Å². The number of hydrogen-bond donors (Lipinski definition) is 0. The van der Waals surface area contributed by atoms with Gasteiger partial charge in [-0.15, -0.1) is 0 Å². The van der Waals surface area contributed by atoms with E-state index in [0.29, 0.717) is 5.02 Å². The molecule has 3 nitrogen and oxygen atoms in total. The maximum atomic E-state index is 6.64. The lowest BCUT2D eigenvalue weighted by atomic mass is 9.67. The van der Waals surface area contributed by atoms with Crippen molar-refractivity contribution >= 4 is 72.5 Å². The fourth-order valence-corrected chi connectivity index (χ4v) is 13.3. The minimum absolute atomic E-state index is 0. The molecule has 2 heterocycles. The number of nitrogens with zero attached hydrogens (tertiary/aromatic N) is 1. The van der Waals surface area contributed by atoms with Crippen LogP contribution in [0, 0.1) is 0 Å². The van der Waals surface area contributed by atoms with E-state index in [2.05, 4.69) is 278 Å². The lowest BCUT2D eigenvalue weighted by molar-refractivity contribution is 0.665. The van der Waals surface area contributed by atoms with Gasteiger partial charge in [0, 0.05) is 43.6 Å². The molecule has 0 N–H and O–H groups in total. The molecule has 0 spiro atoms. The van der Waals surface area contributed by atoms with Crippen molar-refractivity contribution in [3.05, 3.63) is 341 Å². The number of hydrogen-bond acceptors (Lipinski definition) is 3. The molecule has 0 amide bonds. The van der Waals surface area contributed by atoms with Gasteiger partial charge in [0.2, 0.25) is 0 Å². The highest BCUT2D eigenvalue weighted by atomic mass is 35.5. The zero-order valence-corrected chi connectivity index (χ0v) is 43.1. The van der Waals surface area contributed by atoms with Gasteiger partial charge in [-0.1, -0.05) is 237 Å². The second-order valence-electron chi connectivity index (χ2n) is 20.4. The van der Waals surface area contributed by atoms with Gasteiger partial charge in [0.1, 0.15) is 22.3 Å². The SMILES string of the molecule is C.Clc1ccc2oc3cc(C4(c5ccccc5)c5ccccc5-c5ccccc54)ccc3c2c1.c1ccc(N(c2ccccc2)c2ccc3oc4cc(C5(c6ccccc6)c6ccccc6-c6ccccc65)ccc4c3c2)cc1. The van der Waals surface area contributed by atoms with Gasteiger partial charge in [-0.3, -0.25) is 0 Å². The summed E-state index contributed by atoms with van der Waals surface area (Å²) in [5.74, 6) is 0. The Morgan fingerprint density at radius 3 is 1.04 bits per heavy atom. The van der Waals surface area contributed by atoms with Gasteiger partial charge in [-0.25, -0.2) is 0 Å². The van der Waals surface area contributed by atoms with E-state index in [-0.39, 0.29) is 7.43 Å². The van der Waals surface area contributed by atoms with Crippen molar-refractivity contribution in [1.29, 1.82) is 0 Å². The summed E-state index contributed by atoms with van der Waals surface area (Å²) in [7, 11) is 0. The van der Waals surface area contributed by atoms with E-state index in [1.807, 2.05) is 18.2 Å². The number of para-hydroxylation sites is 2. The minimum atomic E-state index is -0.454. The minimum Gasteiger partial charge on any atom is -0.456 e. The van der Waals surface area contributed by atoms with E-state index in [9.17, 15) is 0 Å². The van der Waals surface area contributed by atoms with Crippen LogP contribution in [0.3, 0.4) is 0 Å². The third kappa shape index (κ3) is 7.34. The average Bonchev–Trinajstić information content (AvgIpc) is 3.25. The van der Waals surface area contributed by atoms with Crippen LogP contribution in [0.1, 0.15) is 51.9 Å². The van der Waals surface area contributed by atoms with Crippen LogP contribution in [0.4, 0.5) is 17.1 Å². The van der Waals surface area contributed by atoms with Crippen LogP contribution in [-0.2, 0) is 10.8 Å². The van der Waals surface area contributed by atoms with Crippen molar-refractivity contribution in [3.8, 4) is 22.3 Å². The largest absolute Gasteiger partial charge is 0.456 e. The predicted molar refractivity (Wildman–Crippen MR) is 328 cm³/mol. The lowest BCUT2D eigenvalue weighted by Crippen LogP contribution is -2.28. The molecule has 4 heteroatoms. The van der Waals surface area contributed by atoms with E-state index in [4.69, 9.17) is 20.4 Å². The number of fused-ring (bicyclic) bond motifs is 12. The monoisotopic (exact) mass is 1030 g/mol. The Kier molecular flexibility index (Phi) is 11.5. The molecule has 79 heavy (non-hydrogen) atoms. The molecule has 0 radical (unpaired) electrons. The van der Waals surface area contributed by atoms with E-state index < -0.39 is 10.8 Å². The molecule has 0 fully saturated rings. The topological polar surface area (TPSA) is 29.5 Å². The normalized spacial score (nSPS) is 13.2. The summed E-state index contributed by atoms with van der Waals surface area (Å²) in [6.07, 6.45) is 0. The molecule has 376 valence electrons. The lowest BCUT2D eigenvalue weighted by Gasteiger charge is -2.33. The highest BCUT2D eigenvalue weighted by Gasteiger charge is 2.47. The highest BCUT2D eigenvalue weighted by molar-refractivity contribution is 6.31. The highest BCUT2D eigenvalue weighted by Crippen LogP contribution is 2.58. The smallest absolute Gasteiger partial charge is 0.135 e. The Labute approximate surface area is 464 Å². The van der Waals surface area contributed by atoms with Crippen LogP contribution >= 0.6 is 11.6 Å². The molecule has 14 aromatic rings. The molecule has 0 atom stereocenters. The number of anilines is 3. The van der Waals surface area contributed by atoms with E-state index >= 15 is 0 Å². The zero-order chi connectivity index (χ0) is 51.8. The Morgan fingerprint density at radius 1 is 0.266 bits per heavy atom. The van der Waals surface area contributed by atoms with E-state index in [1.165, 1.54) is 66.8 Å². The van der Waals surface area contributed by atoms with Crippen molar-refractivity contribution in [2.45, 2.75) is 18.3 Å². The third-order valence-electron chi connectivity index (χ3n) is 16.4. The van der Waals surface area contributed by atoms with Gasteiger partial charge in [-0.2, -0.15) is 0 Å². The van der Waals surface area contributed by atoms with Crippen molar-refractivity contribution < 1.29 is 8.83 Å². The van der Waals surface area contributed by atoms with E-state index in [1.54, 1.807) is 0 Å². The van der Waals surface area contributed by atoms with Gasteiger partial charge in [-0.05, 0) is 140 Å². The first-order valence-electron chi connectivity index (χ1n) is 26.6. The quantitative estimate of drug-likeness (QED) is 0.159. The summed E-state index contributed by atoms with van der Waals surface area (Å²) in [5, 5.41) is 5.06. The van der Waals surface area contributed by atoms with Crippen LogP contribution in [0.5, 0.6) is 0 Å². The zero-order valence-electron chi connectivity index (χ0n) is 42.4. The Balaban J connectivity index is 0.000000148. The summed E-state index contributed by atoms with van der Waals surface area (Å²) < 4.78 is 12.9. The fourth-order valence-electron chi connectivity index (χ4n) is 13.1. The van der Waals surface area contributed by atoms with Crippen molar-refractivity contribution in [2.24, 2.45) is 0 Å². The molecule has 0 saturated heterocycles. The van der Waals surface area contributed by atoms with Crippen LogP contribution in [-0.4, -0.2) is 0 Å². The van der Waals surface area contributed by atoms with Gasteiger partial charge in [0.25, 0.3) is 0 Å². The maximum Gasteiger partial charge on any atom is 0.135 e. The average molecular weight is 1030 g/mol. The van der Waals surface area contributed by atoms with Crippen LogP contribution in [0.25, 0.3) is 66.1 Å². The molecule has 0 aliphatic heterocycles. The first kappa shape index (κ1) is 47.8. The predicted octanol–water partition coefficient (Wildman–Crippen LogP) is 20.7. The molecule has 2 aliphatic carbocycles. The molecule has 12 aromatic carbocycles. The fraction of sp³-hybridized carbons (Fsp3) is 0.0400. The maximum absolute atomic E-state index is 6.64. The molecule has 16 rings (SSSR count). The van der Waals surface area contributed by atoms with E-state index in [0.717, 1.165) is 60.9 Å². The Hall–Kier alpha value is -9.67. The Bertz CT molecular complexity index is 4450. The molecule has 0 bridgehead atoms. The molecule has 0 saturated carbocycles. The van der Waals surface area contributed by atoms with Crippen LogP contribution in [0.2, 0.25) is 5.02 Å². The summed E-state index contributed by atoms with van der Waals surface area (Å²) in [4.78, 5) is 2.30. The first-order valence-corrected chi connectivity index (χ1v) is 27.0.